The molecule has 0 spiro atoms. The maximum atomic E-state index is 13.7. The summed E-state index contributed by atoms with van der Waals surface area (Å²) >= 11 is 3.23. The summed E-state index contributed by atoms with van der Waals surface area (Å²) in [6, 6.07) is 4.40. The standard InChI is InChI=1S/C15H22BrFN2/c1-9-5-12(16)13(17)7-15(9)18-14-6-11(3)19(4)8-10(14)2/h5,7,10-11,14,18H,6,8H2,1-4H3. The van der Waals surface area contributed by atoms with Gasteiger partial charge in [-0.1, -0.05) is 6.92 Å². The lowest BCUT2D eigenvalue weighted by molar-refractivity contribution is 0.145. The van der Waals surface area contributed by atoms with Gasteiger partial charge in [-0.2, -0.15) is 0 Å². The quantitative estimate of drug-likeness (QED) is 0.881. The molecule has 0 bridgehead atoms. The van der Waals surface area contributed by atoms with Gasteiger partial charge in [0.05, 0.1) is 4.47 Å². The minimum atomic E-state index is -0.207. The van der Waals surface area contributed by atoms with E-state index in [-0.39, 0.29) is 5.82 Å². The molecule has 1 aliphatic heterocycles. The van der Waals surface area contributed by atoms with E-state index in [0.717, 1.165) is 24.2 Å². The summed E-state index contributed by atoms with van der Waals surface area (Å²) in [5.41, 5.74) is 1.99. The van der Waals surface area contributed by atoms with Gasteiger partial charge in [-0.05, 0) is 66.9 Å². The lowest BCUT2D eigenvalue weighted by Gasteiger charge is -2.40. The molecule has 2 rings (SSSR count). The summed E-state index contributed by atoms with van der Waals surface area (Å²) < 4.78 is 14.2. The van der Waals surface area contributed by atoms with Gasteiger partial charge in [-0.25, -0.2) is 4.39 Å². The minimum Gasteiger partial charge on any atom is -0.382 e. The van der Waals surface area contributed by atoms with E-state index in [2.05, 4.69) is 47.0 Å². The summed E-state index contributed by atoms with van der Waals surface area (Å²) in [4.78, 5) is 2.39. The molecule has 3 atom stereocenters. The minimum absolute atomic E-state index is 0.207. The number of aryl methyl sites for hydroxylation is 1. The first-order valence-electron chi connectivity index (χ1n) is 6.81. The van der Waals surface area contributed by atoms with Crippen LogP contribution < -0.4 is 5.32 Å². The molecular weight excluding hydrogens is 307 g/mol. The highest BCUT2D eigenvalue weighted by molar-refractivity contribution is 9.10. The van der Waals surface area contributed by atoms with Crippen molar-refractivity contribution in [2.24, 2.45) is 5.92 Å². The van der Waals surface area contributed by atoms with E-state index in [4.69, 9.17) is 0 Å². The van der Waals surface area contributed by atoms with Gasteiger partial charge in [0, 0.05) is 24.3 Å². The van der Waals surface area contributed by atoms with Crippen LogP contribution in [0.4, 0.5) is 10.1 Å². The van der Waals surface area contributed by atoms with Crippen LogP contribution in [0, 0.1) is 18.7 Å². The van der Waals surface area contributed by atoms with E-state index in [1.165, 1.54) is 0 Å². The second-order valence-corrected chi connectivity index (χ2v) is 6.69. The van der Waals surface area contributed by atoms with Gasteiger partial charge >= 0.3 is 0 Å². The molecule has 0 radical (unpaired) electrons. The fraction of sp³-hybridized carbons (Fsp3) is 0.600. The lowest BCUT2D eigenvalue weighted by atomic mass is 9.89. The predicted molar refractivity (Wildman–Crippen MR) is 82.1 cm³/mol. The molecule has 1 aromatic carbocycles. The van der Waals surface area contributed by atoms with Gasteiger partial charge in [0.1, 0.15) is 5.82 Å². The molecule has 4 heteroatoms. The number of rotatable bonds is 2. The number of piperidine rings is 1. The fourth-order valence-corrected chi connectivity index (χ4v) is 3.20. The first kappa shape index (κ1) is 14.8. The molecule has 1 heterocycles. The first-order chi connectivity index (χ1) is 8.88. The van der Waals surface area contributed by atoms with Gasteiger partial charge in [0.2, 0.25) is 0 Å². The van der Waals surface area contributed by atoms with E-state index in [1.54, 1.807) is 6.07 Å². The third kappa shape index (κ3) is 3.29. The molecule has 3 unspecified atom stereocenters. The van der Waals surface area contributed by atoms with Crippen LogP contribution in [0.25, 0.3) is 0 Å². The average molecular weight is 329 g/mol. The Hall–Kier alpha value is -0.610. The maximum absolute atomic E-state index is 13.7. The van der Waals surface area contributed by atoms with Crippen molar-refractivity contribution in [1.29, 1.82) is 0 Å². The van der Waals surface area contributed by atoms with E-state index >= 15 is 0 Å². The molecule has 0 saturated carbocycles. The Morgan fingerprint density at radius 2 is 2.05 bits per heavy atom. The molecule has 1 fully saturated rings. The van der Waals surface area contributed by atoms with Gasteiger partial charge in [-0.15, -0.1) is 0 Å². The second-order valence-electron chi connectivity index (χ2n) is 5.83. The third-order valence-electron chi connectivity index (χ3n) is 4.22. The van der Waals surface area contributed by atoms with Crippen LogP contribution in [0.15, 0.2) is 16.6 Å². The molecule has 1 N–H and O–H groups in total. The molecule has 0 amide bonds. The molecule has 19 heavy (non-hydrogen) atoms. The van der Waals surface area contributed by atoms with E-state index < -0.39 is 0 Å². The van der Waals surface area contributed by atoms with Gasteiger partial charge in [0.25, 0.3) is 0 Å². The van der Waals surface area contributed by atoms with Crippen molar-refractivity contribution in [3.63, 3.8) is 0 Å². The Kier molecular flexibility index (Phi) is 4.51. The molecule has 0 aromatic heterocycles. The third-order valence-corrected chi connectivity index (χ3v) is 4.83. The van der Waals surface area contributed by atoms with Crippen LogP contribution in [0.3, 0.4) is 0 Å². The summed E-state index contributed by atoms with van der Waals surface area (Å²) in [6.07, 6.45) is 1.09. The van der Waals surface area contributed by atoms with Crippen molar-refractivity contribution >= 4 is 21.6 Å². The van der Waals surface area contributed by atoms with Crippen LogP contribution in [-0.2, 0) is 0 Å². The smallest absolute Gasteiger partial charge is 0.139 e. The van der Waals surface area contributed by atoms with E-state index in [9.17, 15) is 4.39 Å². The fourth-order valence-electron chi connectivity index (χ4n) is 2.74. The molecule has 1 aliphatic rings. The van der Waals surface area contributed by atoms with Crippen LogP contribution in [0.2, 0.25) is 0 Å². The Morgan fingerprint density at radius 3 is 2.74 bits per heavy atom. The maximum Gasteiger partial charge on any atom is 0.139 e. The van der Waals surface area contributed by atoms with Crippen molar-refractivity contribution < 1.29 is 4.39 Å². The van der Waals surface area contributed by atoms with E-state index in [1.807, 2.05) is 13.0 Å². The van der Waals surface area contributed by atoms with E-state index in [0.29, 0.717) is 22.5 Å². The highest BCUT2D eigenvalue weighted by Gasteiger charge is 2.29. The number of hydrogen-bond donors (Lipinski definition) is 1. The molecule has 106 valence electrons. The number of nitrogens with zero attached hydrogens (tertiary/aromatic N) is 1. The van der Waals surface area contributed by atoms with Crippen molar-refractivity contribution in [2.75, 3.05) is 18.9 Å². The van der Waals surface area contributed by atoms with Crippen LogP contribution >= 0.6 is 15.9 Å². The number of likely N-dealkylation sites (tertiary alicyclic amines) is 1. The van der Waals surface area contributed by atoms with Crippen LogP contribution in [-0.4, -0.2) is 30.6 Å². The van der Waals surface area contributed by atoms with Gasteiger partial charge in [-0.3, -0.25) is 0 Å². The Labute approximate surface area is 123 Å². The lowest BCUT2D eigenvalue weighted by Crippen LogP contribution is -2.48. The summed E-state index contributed by atoms with van der Waals surface area (Å²) in [5, 5.41) is 3.53. The summed E-state index contributed by atoms with van der Waals surface area (Å²) in [6.45, 7) is 7.59. The normalized spacial score (nSPS) is 28.4. The predicted octanol–water partition coefficient (Wildman–Crippen LogP) is 4.04. The zero-order valence-corrected chi connectivity index (χ0v) is 13.6. The largest absolute Gasteiger partial charge is 0.382 e. The Balaban J connectivity index is 2.15. The van der Waals surface area contributed by atoms with Crippen molar-refractivity contribution in [3.8, 4) is 0 Å². The Bertz CT molecular complexity index is 464. The summed E-state index contributed by atoms with van der Waals surface area (Å²) in [5.74, 6) is 0.356. The molecule has 0 aliphatic carbocycles. The SMILES string of the molecule is Cc1cc(Br)c(F)cc1NC1CC(C)N(C)CC1C. The van der Waals surface area contributed by atoms with Crippen molar-refractivity contribution in [3.05, 3.63) is 28.0 Å². The first-order valence-corrected chi connectivity index (χ1v) is 7.60. The highest BCUT2D eigenvalue weighted by atomic mass is 79.9. The molecule has 1 aromatic rings. The number of benzene rings is 1. The number of halogens is 2. The molecule has 2 nitrogen and oxygen atoms in total. The highest BCUT2D eigenvalue weighted by Crippen LogP contribution is 2.28. The average Bonchev–Trinajstić information content (AvgIpc) is 2.32. The number of nitrogens with one attached hydrogen (secondary N) is 1. The monoisotopic (exact) mass is 328 g/mol. The van der Waals surface area contributed by atoms with Crippen LogP contribution in [0.1, 0.15) is 25.8 Å². The molecular formula is C15H22BrFN2. The van der Waals surface area contributed by atoms with Gasteiger partial charge < -0.3 is 10.2 Å². The summed E-state index contributed by atoms with van der Waals surface area (Å²) in [7, 11) is 2.17. The zero-order chi connectivity index (χ0) is 14.2. The number of hydrogen-bond acceptors (Lipinski definition) is 2. The van der Waals surface area contributed by atoms with Crippen molar-refractivity contribution in [1.82, 2.24) is 4.90 Å². The second kappa shape index (κ2) is 5.80. The Morgan fingerprint density at radius 1 is 1.37 bits per heavy atom. The number of anilines is 1. The topological polar surface area (TPSA) is 15.3 Å². The zero-order valence-electron chi connectivity index (χ0n) is 12.0. The molecule has 1 saturated heterocycles. The van der Waals surface area contributed by atoms with Crippen molar-refractivity contribution in [2.45, 2.75) is 39.3 Å². The van der Waals surface area contributed by atoms with Gasteiger partial charge in [0.15, 0.2) is 0 Å². The van der Waals surface area contributed by atoms with Crippen LogP contribution in [0.5, 0.6) is 0 Å².